The van der Waals surface area contributed by atoms with E-state index in [1.165, 1.54) is 97.2 Å². The van der Waals surface area contributed by atoms with Crippen molar-refractivity contribution in [1.82, 2.24) is 0 Å². The molecule has 0 nitrogen and oxygen atoms in total. The second-order valence-electron chi connectivity index (χ2n) is 16.4. The second-order valence-corrected chi connectivity index (χ2v) is 20.8. The summed E-state index contributed by atoms with van der Waals surface area (Å²) in [6.45, 7) is 0. The van der Waals surface area contributed by atoms with Crippen LogP contribution in [-0.4, -0.2) is 0 Å². The maximum absolute atomic E-state index is 2.42. The Bertz CT molecular complexity index is 3260. The molecule has 12 rings (SSSR count). The van der Waals surface area contributed by atoms with Crippen molar-refractivity contribution in [2.45, 2.75) is 0 Å². The van der Waals surface area contributed by atoms with Gasteiger partial charge in [-0.15, -0.1) is 0 Å². The van der Waals surface area contributed by atoms with Gasteiger partial charge in [-0.2, -0.15) is 0 Å². The Balaban J connectivity index is 0.000000199. The number of fused-ring (bicyclic) bond motifs is 4. The molecule has 0 atom stereocenters. The lowest BCUT2D eigenvalue weighted by molar-refractivity contribution is 1.68. The van der Waals surface area contributed by atoms with E-state index in [0.29, 0.717) is 0 Å². The van der Waals surface area contributed by atoms with Crippen LogP contribution in [0.25, 0.3) is 65.3 Å². The summed E-state index contributed by atoms with van der Waals surface area (Å²) in [5.74, 6) is 0. The SMILES string of the molecule is c1ccc(P(c2ccccc2)c2ccc3ccccc3c2-c2c(P(c3ccccc3)c3ccccc3)ccc3ccccc23)cc1.c1ccc2c(-c3cccc4ccccc34)cccc2c1. The van der Waals surface area contributed by atoms with Gasteiger partial charge < -0.3 is 0 Å². The number of hydrogen-bond acceptors (Lipinski definition) is 0. The highest BCUT2D eigenvalue weighted by molar-refractivity contribution is 7.80. The summed E-state index contributed by atoms with van der Waals surface area (Å²) < 4.78 is 0. The molecule has 0 spiro atoms. The normalized spacial score (nSPS) is 11.3. The maximum Gasteiger partial charge on any atom is -0.000884 e. The van der Waals surface area contributed by atoms with Crippen LogP contribution < -0.4 is 31.8 Å². The summed E-state index contributed by atoms with van der Waals surface area (Å²) in [6.07, 6.45) is 0. The van der Waals surface area contributed by atoms with Gasteiger partial charge in [0.1, 0.15) is 0 Å². The number of hydrogen-bond donors (Lipinski definition) is 0. The lowest BCUT2D eigenvalue weighted by atomic mass is 9.93. The minimum absolute atomic E-state index is 0.852. The van der Waals surface area contributed by atoms with E-state index in [2.05, 4.69) is 279 Å². The van der Waals surface area contributed by atoms with Gasteiger partial charge >= 0.3 is 0 Å². The van der Waals surface area contributed by atoms with Gasteiger partial charge in [0.05, 0.1) is 0 Å². The van der Waals surface area contributed by atoms with E-state index in [1.54, 1.807) is 0 Å². The molecule has 12 aromatic carbocycles. The van der Waals surface area contributed by atoms with E-state index in [1.807, 2.05) is 0 Å². The van der Waals surface area contributed by atoms with Crippen LogP contribution >= 0.6 is 15.8 Å². The zero-order valence-electron chi connectivity index (χ0n) is 36.5. The quantitative estimate of drug-likeness (QED) is 0.133. The fourth-order valence-corrected chi connectivity index (χ4v) is 14.5. The van der Waals surface area contributed by atoms with E-state index >= 15 is 0 Å². The van der Waals surface area contributed by atoms with Crippen molar-refractivity contribution in [2.75, 3.05) is 0 Å². The first kappa shape index (κ1) is 41.3. The summed E-state index contributed by atoms with van der Waals surface area (Å²) in [5.41, 5.74) is 5.31. The van der Waals surface area contributed by atoms with Crippen molar-refractivity contribution in [3.63, 3.8) is 0 Å². The van der Waals surface area contributed by atoms with Gasteiger partial charge in [0, 0.05) is 0 Å². The first-order valence-corrected chi connectivity index (χ1v) is 25.3. The fraction of sp³-hybridized carbons (Fsp3) is 0. The highest BCUT2D eigenvalue weighted by Gasteiger charge is 2.28. The van der Waals surface area contributed by atoms with Crippen molar-refractivity contribution in [3.05, 3.63) is 279 Å². The number of benzene rings is 12. The molecule has 0 amide bonds. The van der Waals surface area contributed by atoms with Crippen LogP contribution in [0.1, 0.15) is 0 Å². The molecule has 0 aliphatic carbocycles. The third-order valence-corrected chi connectivity index (χ3v) is 17.4. The molecule has 2 heteroatoms. The molecule has 0 radical (unpaired) electrons. The molecule has 0 unspecified atom stereocenters. The van der Waals surface area contributed by atoms with Gasteiger partial charge in [-0.1, -0.05) is 279 Å². The molecule has 0 saturated carbocycles. The van der Waals surface area contributed by atoms with E-state index in [4.69, 9.17) is 0 Å². The van der Waals surface area contributed by atoms with Crippen LogP contribution in [-0.2, 0) is 0 Å². The maximum atomic E-state index is 2.42. The van der Waals surface area contributed by atoms with Crippen LogP contribution in [0.3, 0.4) is 0 Å². The minimum Gasteiger partial charge on any atom is -0.0622 e. The summed E-state index contributed by atoms with van der Waals surface area (Å²) in [6, 6.07) is 102. The highest BCUT2D eigenvalue weighted by atomic mass is 31.1. The van der Waals surface area contributed by atoms with E-state index in [-0.39, 0.29) is 0 Å². The largest absolute Gasteiger partial charge is 0.0622 e. The monoisotopic (exact) mass is 876 g/mol. The molecule has 0 aliphatic heterocycles. The third-order valence-electron chi connectivity index (χ3n) is 12.5. The van der Waals surface area contributed by atoms with Gasteiger partial charge in [-0.05, 0) is 113 Å². The molecule has 66 heavy (non-hydrogen) atoms. The topological polar surface area (TPSA) is 0 Å². The molecule has 12 aromatic rings. The van der Waals surface area contributed by atoms with Crippen molar-refractivity contribution >= 4 is 90.8 Å². The predicted molar refractivity (Wildman–Crippen MR) is 291 cm³/mol. The molecule has 0 fully saturated rings. The van der Waals surface area contributed by atoms with Crippen molar-refractivity contribution in [2.24, 2.45) is 0 Å². The highest BCUT2D eigenvalue weighted by Crippen LogP contribution is 2.46. The van der Waals surface area contributed by atoms with Crippen LogP contribution in [0.2, 0.25) is 0 Å². The molecule has 0 aromatic heterocycles. The molecular formula is C64H46P2. The molecule has 312 valence electrons. The average molecular weight is 877 g/mol. The van der Waals surface area contributed by atoms with E-state index in [0.717, 1.165) is 0 Å². The molecule has 0 aliphatic rings. The molecule has 0 N–H and O–H groups in total. The minimum atomic E-state index is -0.852. The van der Waals surface area contributed by atoms with Gasteiger partial charge in [0.15, 0.2) is 0 Å². The fourth-order valence-electron chi connectivity index (χ4n) is 9.50. The van der Waals surface area contributed by atoms with Crippen LogP contribution in [0.15, 0.2) is 279 Å². The first-order chi connectivity index (χ1) is 32.8. The molecule has 0 bridgehead atoms. The molecule has 0 saturated heterocycles. The van der Waals surface area contributed by atoms with Gasteiger partial charge in [0.25, 0.3) is 0 Å². The van der Waals surface area contributed by atoms with Crippen molar-refractivity contribution in [1.29, 1.82) is 0 Å². The standard InChI is InChI=1S/C44H32P2.C20H14/c1-5-19-35(20-6-1)45(36-21-7-2-8-22-36)41-31-29-33-17-13-15-27-39(33)43(41)44-40-28-16-14-18-34(40)30-32-42(44)46(37-23-9-3-10-24-37)38-25-11-4-12-26-38;1-3-11-17-15(7-1)9-5-13-19(17)20-14-6-10-16-8-2-4-12-18(16)20/h1-32H;1-14H. The Labute approximate surface area is 390 Å². The lowest BCUT2D eigenvalue weighted by Gasteiger charge is -2.28. The molecular weight excluding hydrogens is 831 g/mol. The Morgan fingerprint density at radius 3 is 0.773 bits per heavy atom. The zero-order chi connectivity index (χ0) is 44.1. The van der Waals surface area contributed by atoms with Gasteiger partial charge in [0.2, 0.25) is 0 Å². The third kappa shape index (κ3) is 8.12. The van der Waals surface area contributed by atoms with Gasteiger partial charge in [-0.25, -0.2) is 0 Å². The Hall–Kier alpha value is -7.46. The van der Waals surface area contributed by atoms with Crippen LogP contribution in [0, 0.1) is 0 Å². The van der Waals surface area contributed by atoms with Crippen LogP contribution in [0.4, 0.5) is 0 Å². The Morgan fingerprint density at radius 2 is 0.439 bits per heavy atom. The van der Waals surface area contributed by atoms with E-state index < -0.39 is 15.8 Å². The Morgan fingerprint density at radius 1 is 0.182 bits per heavy atom. The van der Waals surface area contributed by atoms with Crippen molar-refractivity contribution < 1.29 is 0 Å². The van der Waals surface area contributed by atoms with Crippen molar-refractivity contribution in [3.8, 4) is 22.3 Å². The van der Waals surface area contributed by atoms with Gasteiger partial charge in [-0.3, -0.25) is 0 Å². The number of rotatable bonds is 8. The zero-order valence-corrected chi connectivity index (χ0v) is 38.2. The summed E-state index contributed by atoms with van der Waals surface area (Å²) >= 11 is 0. The first-order valence-electron chi connectivity index (χ1n) is 22.6. The molecule has 0 heterocycles. The summed E-state index contributed by atoms with van der Waals surface area (Å²) in [5, 5.41) is 18.5. The summed E-state index contributed by atoms with van der Waals surface area (Å²) in [7, 11) is -1.70. The summed E-state index contributed by atoms with van der Waals surface area (Å²) in [4.78, 5) is 0. The lowest BCUT2D eigenvalue weighted by Crippen LogP contribution is -2.26. The van der Waals surface area contributed by atoms with E-state index in [9.17, 15) is 0 Å². The second kappa shape index (κ2) is 18.9. The average Bonchev–Trinajstić information content (AvgIpc) is 3.40. The van der Waals surface area contributed by atoms with Crippen LogP contribution in [0.5, 0.6) is 0 Å². The predicted octanol–water partition coefficient (Wildman–Crippen LogP) is 14.8. The Kier molecular flexibility index (Phi) is 11.8. The smallest absolute Gasteiger partial charge is 0.000884 e.